The van der Waals surface area contributed by atoms with Crippen LogP contribution in [-0.2, 0) is 13.9 Å². The molecule has 1 saturated heterocycles. The Bertz CT molecular complexity index is 1930. The van der Waals surface area contributed by atoms with Gasteiger partial charge in [-0.3, -0.25) is 0 Å². The van der Waals surface area contributed by atoms with Gasteiger partial charge in [0.1, 0.15) is 0 Å². The zero-order valence-corrected chi connectivity index (χ0v) is 25.8. The summed E-state index contributed by atoms with van der Waals surface area (Å²) in [6, 6.07) is 45.4. The average molecular weight is 580 g/mol. The van der Waals surface area contributed by atoms with Crippen molar-refractivity contribution in [1.82, 2.24) is 0 Å². The largest absolute Gasteiger partial charge is 0.494 e. The standard InChI is InChI=1S/C38H34BO3P/c1-37(2)38(3,4)42-39(41-37)33-15-9-14-30(24-33)29-16-20-34(21-17-29)43(40,35-22-18-27-10-5-7-12-31(27)25-35)36-23-19-28-11-6-8-13-32(28)26-36/h5-26H,1-4H3. The van der Waals surface area contributed by atoms with Crippen LogP contribution in [0.15, 0.2) is 133 Å². The molecule has 6 aromatic carbocycles. The van der Waals surface area contributed by atoms with Crippen molar-refractivity contribution in [3.63, 3.8) is 0 Å². The molecule has 5 heteroatoms. The van der Waals surface area contributed by atoms with Gasteiger partial charge in [0.25, 0.3) is 0 Å². The summed E-state index contributed by atoms with van der Waals surface area (Å²) < 4.78 is 28.1. The number of hydrogen-bond donors (Lipinski definition) is 0. The Morgan fingerprint density at radius 2 is 0.977 bits per heavy atom. The summed E-state index contributed by atoms with van der Waals surface area (Å²) in [4.78, 5) is 0. The Balaban J connectivity index is 1.30. The lowest BCUT2D eigenvalue weighted by Crippen LogP contribution is -2.41. The monoisotopic (exact) mass is 580 g/mol. The third kappa shape index (κ3) is 4.84. The Hall–Kier alpha value is -3.95. The van der Waals surface area contributed by atoms with Gasteiger partial charge in [-0.1, -0.05) is 121 Å². The molecule has 0 amide bonds. The minimum atomic E-state index is -3.19. The summed E-state index contributed by atoms with van der Waals surface area (Å²) in [6.45, 7) is 8.27. The first kappa shape index (κ1) is 27.9. The number of rotatable bonds is 5. The van der Waals surface area contributed by atoms with E-state index in [2.05, 4.69) is 100 Å². The number of fused-ring (bicyclic) bond motifs is 2. The van der Waals surface area contributed by atoms with Crippen LogP contribution in [0.5, 0.6) is 0 Å². The molecule has 0 radical (unpaired) electrons. The van der Waals surface area contributed by atoms with Gasteiger partial charge >= 0.3 is 7.12 Å². The molecule has 1 aliphatic heterocycles. The molecule has 0 unspecified atom stereocenters. The van der Waals surface area contributed by atoms with E-state index >= 15 is 4.57 Å². The van der Waals surface area contributed by atoms with Gasteiger partial charge in [-0.15, -0.1) is 0 Å². The molecule has 0 atom stereocenters. The van der Waals surface area contributed by atoms with Gasteiger partial charge in [0.2, 0.25) is 0 Å². The lowest BCUT2D eigenvalue weighted by Gasteiger charge is -2.32. The molecule has 0 saturated carbocycles. The normalized spacial score (nSPS) is 16.1. The fourth-order valence-corrected chi connectivity index (χ4v) is 8.57. The molecule has 0 spiro atoms. The Morgan fingerprint density at radius 1 is 0.488 bits per heavy atom. The van der Waals surface area contributed by atoms with E-state index in [1.165, 1.54) is 0 Å². The first-order chi connectivity index (χ1) is 20.6. The van der Waals surface area contributed by atoms with Gasteiger partial charge in [0.05, 0.1) is 11.2 Å². The maximum absolute atomic E-state index is 15.5. The van der Waals surface area contributed by atoms with Gasteiger partial charge in [-0.25, -0.2) is 0 Å². The number of benzene rings is 6. The third-order valence-corrected chi connectivity index (χ3v) is 12.2. The van der Waals surface area contributed by atoms with Crippen molar-refractivity contribution >= 4 is 57.2 Å². The van der Waals surface area contributed by atoms with Crippen LogP contribution in [0, 0.1) is 0 Å². The van der Waals surface area contributed by atoms with Crippen molar-refractivity contribution in [3.05, 3.63) is 133 Å². The second-order valence-electron chi connectivity index (χ2n) is 12.4. The smallest absolute Gasteiger partial charge is 0.399 e. The maximum atomic E-state index is 15.5. The molecule has 1 fully saturated rings. The van der Waals surface area contributed by atoms with E-state index in [0.29, 0.717) is 0 Å². The van der Waals surface area contributed by atoms with E-state index in [1.807, 2.05) is 60.7 Å². The van der Waals surface area contributed by atoms with Gasteiger partial charge in [0, 0.05) is 15.9 Å². The fourth-order valence-electron chi connectivity index (χ4n) is 5.90. The first-order valence-electron chi connectivity index (χ1n) is 14.8. The van der Waals surface area contributed by atoms with Crippen LogP contribution < -0.4 is 21.4 Å². The highest BCUT2D eigenvalue weighted by atomic mass is 31.2. The number of hydrogen-bond acceptors (Lipinski definition) is 3. The first-order valence-corrected chi connectivity index (χ1v) is 16.5. The zero-order chi connectivity index (χ0) is 29.8. The van der Waals surface area contributed by atoms with E-state index in [1.54, 1.807) is 0 Å². The molecule has 0 aromatic heterocycles. The average Bonchev–Trinajstić information content (AvgIpc) is 3.26. The Kier molecular flexibility index (Phi) is 6.71. The van der Waals surface area contributed by atoms with Crippen molar-refractivity contribution in [3.8, 4) is 11.1 Å². The van der Waals surface area contributed by atoms with Gasteiger partial charge in [-0.2, -0.15) is 0 Å². The van der Waals surface area contributed by atoms with Crippen molar-refractivity contribution in [2.24, 2.45) is 0 Å². The molecule has 0 bridgehead atoms. The molecular formula is C38H34BO3P. The second kappa shape index (κ2) is 10.3. The summed E-state index contributed by atoms with van der Waals surface area (Å²) in [5.41, 5.74) is 2.29. The van der Waals surface area contributed by atoms with E-state index < -0.39 is 25.5 Å². The SMILES string of the molecule is CC1(C)OB(c2cccc(-c3ccc(P(=O)(c4ccc5ccccc5c4)c4ccc5ccccc5c4)cc3)c2)OC1(C)C. The highest BCUT2D eigenvalue weighted by Gasteiger charge is 2.51. The van der Waals surface area contributed by atoms with Crippen molar-refractivity contribution in [1.29, 1.82) is 0 Å². The van der Waals surface area contributed by atoms with Crippen LogP contribution in [-0.4, -0.2) is 18.3 Å². The fraction of sp³-hybridized carbons (Fsp3) is 0.158. The topological polar surface area (TPSA) is 35.5 Å². The van der Waals surface area contributed by atoms with Gasteiger partial charge in [-0.05, 0) is 78.0 Å². The van der Waals surface area contributed by atoms with E-state index in [0.717, 1.165) is 54.0 Å². The van der Waals surface area contributed by atoms with Gasteiger partial charge in [0.15, 0.2) is 7.14 Å². The summed E-state index contributed by atoms with van der Waals surface area (Å²) in [7, 11) is -3.62. The van der Waals surface area contributed by atoms with Crippen LogP contribution in [0.4, 0.5) is 0 Å². The predicted octanol–water partition coefficient (Wildman–Crippen LogP) is 7.60. The highest BCUT2D eigenvalue weighted by molar-refractivity contribution is 7.85. The minimum Gasteiger partial charge on any atom is -0.399 e. The summed E-state index contributed by atoms with van der Waals surface area (Å²) >= 11 is 0. The van der Waals surface area contributed by atoms with E-state index in [-0.39, 0.29) is 0 Å². The zero-order valence-electron chi connectivity index (χ0n) is 25.0. The maximum Gasteiger partial charge on any atom is 0.494 e. The van der Waals surface area contributed by atoms with Crippen LogP contribution >= 0.6 is 7.14 Å². The van der Waals surface area contributed by atoms with Crippen LogP contribution in [0.1, 0.15) is 27.7 Å². The second-order valence-corrected chi connectivity index (χ2v) is 15.2. The van der Waals surface area contributed by atoms with Crippen LogP contribution in [0.25, 0.3) is 32.7 Å². The van der Waals surface area contributed by atoms with E-state index in [4.69, 9.17) is 9.31 Å². The molecule has 3 nitrogen and oxygen atoms in total. The lowest BCUT2D eigenvalue weighted by atomic mass is 9.78. The Labute approximate surface area is 254 Å². The molecule has 43 heavy (non-hydrogen) atoms. The minimum absolute atomic E-state index is 0.401. The summed E-state index contributed by atoms with van der Waals surface area (Å²) in [6.07, 6.45) is 0. The lowest BCUT2D eigenvalue weighted by molar-refractivity contribution is 0.00578. The molecular weight excluding hydrogens is 546 g/mol. The molecule has 1 heterocycles. The molecule has 0 aliphatic carbocycles. The summed E-state index contributed by atoms with van der Waals surface area (Å²) in [5.74, 6) is 0. The third-order valence-electron chi connectivity index (χ3n) is 9.17. The molecule has 212 valence electrons. The molecule has 1 aliphatic rings. The van der Waals surface area contributed by atoms with Gasteiger partial charge < -0.3 is 13.9 Å². The van der Waals surface area contributed by atoms with Crippen molar-refractivity contribution in [2.45, 2.75) is 38.9 Å². The van der Waals surface area contributed by atoms with Crippen molar-refractivity contribution < 1.29 is 13.9 Å². The molecule has 0 N–H and O–H groups in total. The molecule has 6 aromatic rings. The van der Waals surface area contributed by atoms with Crippen LogP contribution in [0.2, 0.25) is 0 Å². The highest BCUT2D eigenvalue weighted by Crippen LogP contribution is 2.44. The Morgan fingerprint density at radius 3 is 1.51 bits per heavy atom. The van der Waals surface area contributed by atoms with E-state index in [9.17, 15) is 0 Å². The van der Waals surface area contributed by atoms with Crippen molar-refractivity contribution in [2.75, 3.05) is 0 Å². The predicted molar refractivity (Wildman–Crippen MR) is 182 cm³/mol. The van der Waals surface area contributed by atoms with Crippen LogP contribution in [0.3, 0.4) is 0 Å². The summed E-state index contributed by atoms with van der Waals surface area (Å²) in [5, 5.41) is 6.90. The quantitative estimate of drug-likeness (QED) is 0.156. The molecule has 7 rings (SSSR count).